The summed E-state index contributed by atoms with van der Waals surface area (Å²) < 4.78 is 8.37. The topological polar surface area (TPSA) is 12.5 Å². The Morgan fingerprint density at radius 1 is 1.04 bits per heavy atom. The second kappa shape index (κ2) is 9.39. The maximum absolute atomic E-state index is 5.75. The minimum Gasteiger partial charge on any atom is -0.496 e. The Labute approximate surface area is 161 Å². The van der Waals surface area contributed by atoms with Crippen LogP contribution in [0.2, 0.25) is 0 Å². The maximum atomic E-state index is 5.75. The van der Waals surface area contributed by atoms with Gasteiger partial charge in [-0.2, -0.15) is 0 Å². The Hall–Kier alpha value is -1.57. The van der Waals surface area contributed by atoms with Crippen molar-refractivity contribution >= 4 is 21.8 Å². The zero-order valence-corrected chi connectivity index (χ0v) is 17.2. The first-order valence-electron chi connectivity index (χ1n) is 9.12. The summed E-state index contributed by atoms with van der Waals surface area (Å²) in [5.74, 6) is 1.01. The highest BCUT2D eigenvalue weighted by atomic mass is 31.1. The number of nitrogens with zero attached hydrogens (tertiary/aromatic N) is 1. The minimum atomic E-state index is -0.550. The highest BCUT2D eigenvalue weighted by Crippen LogP contribution is 2.59. The van der Waals surface area contributed by atoms with E-state index in [1.54, 1.807) is 7.11 Å². The summed E-state index contributed by atoms with van der Waals surface area (Å²) in [6.07, 6.45) is 3.47. The lowest BCUT2D eigenvalue weighted by atomic mass is 9.92. The van der Waals surface area contributed by atoms with Gasteiger partial charge in [0, 0.05) is 27.4 Å². The Balaban J connectivity index is 0.00000243. The van der Waals surface area contributed by atoms with Gasteiger partial charge in [-0.1, -0.05) is 61.9 Å². The van der Waals surface area contributed by atoms with E-state index in [1.807, 2.05) is 0 Å². The van der Waals surface area contributed by atoms with Crippen LogP contribution in [0.1, 0.15) is 37.6 Å². The monoisotopic (exact) mass is 364 g/mol. The van der Waals surface area contributed by atoms with Crippen LogP contribution in [-0.4, -0.2) is 33.3 Å². The number of hydrogen-bond acceptors (Lipinski definition) is 2. The van der Waals surface area contributed by atoms with E-state index in [1.165, 1.54) is 22.0 Å². The molecule has 0 amide bonds. The van der Waals surface area contributed by atoms with Crippen molar-refractivity contribution in [3.05, 3.63) is 71.3 Å². The fourth-order valence-electron chi connectivity index (χ4n) is 3.74. The van der Waals surface area contributed by atoms with Gasteiger partial charge in [0.2, 0.25) is 0 Å². The summed E-state index contributed by atoms with van der Waals surface area (Å²) >= 11 is 0. The molecule has 3 radical (unpaired) electrons. The molecule has 0 saturated heterocycles. The molecule has 2 aromatic rings. The normalized spacial score (nSPS) is 17.1. The molecule has 0 heterocycles. The molecule has 0 spiro atoms. The van der Waals surface area contributed by atoms with E-state index in [0.717, 1.165) is 25.3 Å². The Bertz CT molecular complexity index is 757. The van der Waals surface area contributed by atoms with E-state index >= 15 is 0 Å². The van der Waals surface area contributed by atoms with Crippen LogP contribution in [-0.2, 0) is 6.42 Å². The lowest BCUT2D eigenvalue weighted by Gasteiger charge is -2.40. The van der Waals surface area contributed by atoms with Gasteiger partial charge in [0.15, 0.2) is 0 Å². The summed E-state index contributed by atoms with van der Waals surface area (Å²) in [5.41, 5.74) is 4.87. The van der Waals surface area contributed by atoms with Gasteiger partial charge < -0.3 is 4.74 Å². The van der Waals surface area contributed by atoms with E-state index in [0.29, 0.717) is 5.66 Å². The lowest BCUT2D eigenvalue weighted by Crippen LogP contribution is -2.28. The number of methoxy groups -OCH3 is 1. The fourth-order valence-corrected chi connectivity index (χ4v) is 6.90. The molecule has 1 aliphatic carbocycles. The first-order valence-corrected chi connectivity index (χ1v) is 10.5. The third-order valence-corrected chi connectivity index (χ3v) is 8.25. The smallest absolute Gasteiger partial charge is 0.127 e. The van der Waals surface area contributed by atoms with Gasteiger partial charge in [-0.05, 0) is 49.7 Å². The van der Waals surface area contributed by atoms with Crippen LogP contribution in [0, 0.1) is 0 Å². The molecule has 0 fully saturated rings. The average molecular weight is 364 g/mol. The van der Waals surface area contributed by atoms with Crippen LogP contribution < -0.4 is 10.0 Å². The number of benzene rings is 2. The second-order valence-corrected chi connectivity index (χ2v) is 8.66. The number of ether oxygens (including phenoxy) is 1. The summed E-state index contributed by atoms with van der Waals surface area (Å²) in [6, 6.07) is 17.5. The molecule has 2 aromatic carbocycles. The molecule has 0 N–H and O–H groups in total. The zero-order chi connectivity index (χ0) is 17.8. The Morgan fingerprint density at radius 3 is 2.38 bits per heavy atom. The summed E-state index contributed by atoms with van der Waals surface area (Å²) in [6.45, 7) is 8.93. The highest BCUT2D eigenvalue weighted by Gasteiger charge is 2.34. The van der Waals surface area contributed by atoms with E-state index in [2.05, 4.69) is 80.0 Å². The molecule has 2 nitrogen and oxygen atoms in total. The molecule has 0 bridgehead atoms. The van der Waals surface area contributed by atoms with Crippen molar-refractivity contribution in [1.82, 2.24) is 4.67 Å². The molecule has 0 saturated carbocycles. The van der Waals surface area contributed by atoms with Crippen LogP contribution in [0.15, 0.2) is 60.2 Å². The molecule has 2 unspecified atom stereocenters. The number of hydrogen-bond donors (Lipinski definition) is 0. The molecule has 1 aliphatic rings. The fraction of sp³-hybridized carbons (Fsp3) is 0.364. The van der Waals surface area contributed by atoms with Gasteiger partial charge in [-0.15, -0.1) is 0 Å². The largest absolute Gasteiger partial charge is 0.496 e. The van der Waals surface area contributed by atoms with E-state index in [9.17, 15) is 0 Å². The molecule has 0 aliphatic heterocycles. The first kappa shape index (κ1) is 20.7. The molecule has 0 aromatic heterocycles. The van der Waals surface area contributed by atoms with Crippen molar-refractivity contribution in [2.45, 2.75) is 32.9 Å². The van der Waals surface area contributed by atoms with Gasteiger partial charge >= 0.3 is 0 Å². The maximum Gasteiger partial charge on any atom is 0.127 e. The van der Waals surface area contributed by atoms with Crippen molar-refractivity contribution in [3.8, 4) is 5.75 Å². The van der Waals surface area contributed by atoms with Crippen LogP contribution in [0.25, 0.3) is 0 Å². The summed E-state index contributed by atoms with van der Waals surface area (Å²) in [7, 11) is 1.23. The zero-order valence-electron chi connectivity index (χ0n) is 16.3. The van der Waals surface area contributed by atoms with E-state index < -0.39 is 8.07 Å². The molecular formula is C22H28BNOP. The number of allylic oxidation sites excluding steroid dienone is 2. The van der Waals surface area contributed by atoms with Crippen molar-refractivity contribution in [2.75, 3.05) is 20.2 Å². The predicted molar refractivity (Wildman–Crippen MR) is 115 cm³/mol. The van der Waals surface area contributed by atoms with Gasteiger partial charge in [0.05, 0.1) is 7.11 Å². The molecule has 3 rings (SSSR count). The third-order valence-electron chi connectivity index (χ3n) is 5.04. The Morgan fingerprint density at radius 2 is 1.69 bits per heavy atom. The van der Waals surface area contributed by atoms with Crippen molar-refractivity contribution in [1.29, 1.82) is 0 Å². The van der Waals surface area contributed by atoms with Gasteiger partial charge in [0.25, 0.3) is 0 Å². The third kappa shape index (κ3) is 3.90. The van der Waals surface area contributed by atoms with Crippen LogP contribution in [0.3, 0.4) is 0 Å². The van der Waals surface area contributed by atoms with Crippen molar-refractivity contribution in [3.63, 3.8) is 0 Å². The number of rotatable bonds is 6. The average Bonchev–Trinajstić information content (AvgIpc) is 2.67. The van der Waals surface area contributed by atoms with Crippen LogP contribution >= 0.6 is 8.07 Å². The Kier molecular flexibility index (Phi) is 7.49. The number of para-hydroxylation sites is 1. The molecule has 135 valence electrons. The van der Waals surface area contributed by atoms with Crippen LogP contribution in [0.5, 0.6) is 5.75 Å². The lowest BCUT2D eigenvalue weighted by molar-refractivity contribution is 0.417. The SMILES string of the molecule is CCN(CC)P(c1ccccc1OC)C1C(C)=CCc2ccccc21.[B]. The van der Waals surface area contributed by atoms with E-state index in [-0.39, 0.29) is 8.41 Å². The highest BCUT2D eigenvalue weighted by molar-refractivity contribution is 7.64. The van der Waals surface area contributed by atoms with Gasteiger partial charge in [-0.25, -0.2) is 0 Å². The summed E-state index contributed by atoms with van der Waals surface area (Å²) in [5, 5.41) is 1.35. The summed E-state index contributed by atoms with van der Waals surface area (Å²) in [4.78, 5) is 0. The standard InChI is InChI=1S/C22H28NOP.B/c1-5-23(6-2)25(21-14-10-9-13-20(21)24-4)22-17(3)15-16-18-11-7-8-12-19(18)22;/h7-15,22H,5-6,16H2,1-4H3;. The van der Waals surface area contributed by atoms with Crippen molar-refractivity contribution in [2.24, 2.45) is 0 Å². The van der Waals surface area contributed by atoms with Gasteiger partial charge in [-0.3, -0.25) is 4.67 Å². The first-order chi connectivity index (χ1) is 12.2. The molecule has 4 heteroatoms. The quantitative estimate of drug-likeness (QED) is 0.410. The minimum absolute atomic E-state index is 0. The second-order valence-electron chi connectivity index (χ2n) is 6.41. The molecular weight excluding hydrogens is 336 g/mol. The van der Waals surface area contributed by atoms with E-state index in [4.69, 9.17) is 4.74 Å². The number of fused-ring (bicyclic) bond motifs is 1. The van der Waals surface area contributed by atoms with Gasteiger partial charge in [0.1, 0.15) is 5.75 Å². The van der Waals surface area contributed by atoms with Crippen LogP contribution in [0.4, 0.5) is 0 Å². The predicted octanol–water partition coefficient (Wildman–Crippen LogP) is 4.92. The van der Waals surface area contributed by atoms with Crippen molar-refractivity contribution < 1.29 is 4.74 Å². The molecule has 26 heavy (non-hydrogen) atoms. The molecule has 2 atom stereocenters.